The van der Waals surface area contributed by atoms with Crippen molar-refractivity contribution >= 4 is 28.8 Å². The number of fused-ring (bicyclic) bond motifs is 1. The zero-order valence-electron chi connectivity index (χ0n) is 15.9. The molecule has 0 saturated heterocycles. The lowest BCUT2D eigenvalue weighted by Crippen LogP contribution is -2.15. The van der Waals surface area contributed by atoms with Gasteiger partial charge in [-0.1, -0.05) is 11.6 Å². The zero-order chi connectivity index (χ0) is 22.0. The SMILES string of the molecule is NCCn1cc(NC(=O)c2cnc3cccnn23)c(-c2cc(Cl)ccc2OC(F)F)n1. The minimum atomic E-state index is -3.05. The van der Waals surface area contributed by atoms with Crippen LogP contribution in [0.25, 0.3) is 16.9 Å². The molecule has 0 saturated carbocycles. The number of halogens is 3. The van der Waals surface area contributed by atoms with Gasteiger partial charge in [0.2, 0.25) is 0 Å². The average molecular weight is 448 g/mol. The van der Waals surface area contributed by atoms with Crippen LogP contribution in [0, 0.1) is 0 Å². The first-order chi connectivity index (χ1) is 15.0. The number of hydrogen-bond donors (Lipinski definition) is 2. The van der Waals surface area contributed by atoms with E-state index in [9.17, 15) is 13.6 Å². The van der Waals surface area contributed by atoms with Crippen LogP contribution in [0.2, 0.25) is 5.02 Å². The zero-order valence-corrected chi connectivity index (χ0v) is 16.6. The van der Waals surface area contributed by atoms with Crippen LogP contribution in [0.5, 0.6) is 5.75 Å². The lowest BCUT2D eigenvalue weighted by molar-refractivity contribution is -0.0494. The molecule has 0 aliphatic rings. The van der Waals surface area contributed by atoms with Gasteiger partial charge in [-0.25, -0.2) is 9.50 Å². The second kappa shape index (κ2) is 8.66. The summed E-state index contributed by atoms with van der Waals surface area (Å²) in [4.78, 5) is 17.1. The molecule has 0 spiro atoms. The maximum atomic E-state index is 12.9. The third kappa shape index (κ3) is 4.32. The standard InChI is InChI=1S/C19H16ClF2N7O2/c20-11-3-4-15(31-19(21)22)12(8-11)17-13(10-28(27-17)7-5-23)26-18(30)14-9-24-16-2-1-6-25-29(14)16/h1-4,6,8-10,19H,5,7,23H2,(H,26,30). The number of benzene rings is 1. The number of nitrogens with zero attached hydrogens (tertiary/aromatic N) is 5. The number of ether oxygens (including phenoxy) is 1. The van der Waals surface area contributed by atoms with E-state index in [4.69, 9.17) is 17.3 Å². The summed E-state index contributed by atoms with van der Waals surface area (Å²) in [5.74, 6) is -0.650. The first kappa shape index (κ1) is 20.7. The summed E-state index contributed by atoms with van der Waals surface area (Å²) in [5.41, 5.74) is 6.93. The molecular formula is C19H16ClF2N7O2. The molecule has 1 amide bonds. The second-order valence-corrected chi connectivity index (χ2v) is 6.79. The first-order valence-electron chi connectivity index (χ1n) is 9.08. The Morgan fingerprint density at radius 2 is 2.16 bits per heavy atom. The van der Waals surface area contributed by atoms with Crippen LogP contribution >= 0.6 is 11.6 Å². The van der Waals surface area contributed by atoms with Gasteiger partial charge in [-0.15, -0.1) is 0 Å². The summed E-state index contributed by atoms with van der Waals surface area (Å²) in [6, 6.07) is 7.56. The number of rotatable bonds is 7. The molecule has 3 aromatic heterocycles. The van der Waals surface area contributed by atoms with Gasteiger partial charge < -0.3 is 15.8 Å². The molecule has 0 fully saturated rings. The first-order valence-corrected chi connectivity index (χ1v) is 9.46. The number of nitrogens with one attached hydrogen (secondary N) is 1. The number of carbonyl (C=O) groups excluding carboxylic acids is 1. The van der Waals surface area contributed by atoms with Crippen molar-refractivity contribution in [3.8, 4) is 17.0 Å². The predicted octanol–water partition coefficient (Wildman–Crippen LogP) is 3.06. The van der Waals surface area contributed by atoms with E-state index < -0.39 is 12.5 Å². The number of nitrogens with two attached hydrogens (primary N) is 1. The van der Waals surface area contributed by atoms with Crippen LogP contribution < -0.4 is 15.8 Å². The van der Waals surface area contributed by atoms with E-state index in [1.165, 1.54) is 39.8 Å². The fraction of sp³-hybridized carbons (Fsp3) is 0.158. The van der Waals surface area contributed by atoms with E-state index in [-0.39, 0.29) is 40.0 Å². The molecule has 0 radical (unpaired) electrons. The molecule has 0 bridgehead atoms. The molecule has 0 aliphatic carbocycles. The number of aromatic nitrogens is 5. The van der Waals surface area contributed by atoms with E-state index in [1.807, 2.05) is 0 Å². The number of hydrogen-bond acceptors (Lipinski definition) is 6. The van der Waals surface area contributed by atoms with Crippen LogP contribution in [-0.2, 0) is 6.54 Å². The quantitative estimate of drug-likeness (QED) is 0.450. The van der Waals surface area contributed by atoms with E-state index in [0.717, 1.165) is 0 Å². The highest BCUT2D eigenvalue weighted by molar-refractivity contribution is 6.31. The Balaban J connectivity index is 1.76. The minimum absolute atomic E-state index is 0.135. The molecule has 3 N–H and O–H groups in total. The normalized spacial score (nSPS) is 11.3. The fourth-order valence-corrected chi connectivity index (χ4v) is 3.19. The van der Waals surface area contributed by atoms with Crippen molar-refractivity contribution in [2.45, 2.75) is 13.2 Å². The lowest BCUT2D eigenvalue weighted by atomic mass is 10.1. The van der Waals surface area contributed by atoms with Gasteiger partial charge in [0.1, 0.15) is 11.4 Å². The second-order valence-electron chi connectivity index (χ2n) is 6.35. The minimum Gasteiger partial charge on any atom is -0.434 e. The molecule has 4 aromatic rings. The van der Waals surface area contributed by atoms with Gasteiger partial charge in [0.25, 0.3) is 5.91 Å². The summed E-state index contributed by atoms with van der Waals surface area (Å²) in [5, 5.41) is 11.5. The lowest BCUT2D eigenvalue weighted by Gasteiger charge is -2.11. The third-order valence-electron chi connectivity index (χ3n) is 4.29. The molecule has 4 rings (SSSR count). The Labute approximate surface area is 179 Å². The van der Waals surface area contributed by atoms with Gasteiger partial charge >= 0.3 is 6.61 Å². The van der Waals surface area contributed by atoms with Crippen LogP contribution in [0.3, 0.4) is 0 Å². The van der Waals surface area contributed by atoms with Gasteiger partial charge in [-0.2, -0.15) is 19.0 Å². The van der Waals surface area contributed by atoms with Gasteiger partial charge in [0.15, 0.2) is 11.3 Å². The maximum Gasteiger partial charge on any atom is 0.387 e. The van der Waals surface area contributed by atoms with Crippen molar-refractivity contribution < 1.29 is 18.3 Å². The van der Waals surface area contributed by atoms with E-state index in [2.05, 4.69) is 25.2 Å². The Morgan fingerprint density at radius 1 is 1.32 bits per heavy atom. The number of imidazole rings is 1. The van der Waals surface area contributed by atoms with Crippen LogP contribution in [0.15, 0.2) is 48.9 Å². The molecule has 0 unspecified atom stereocenters. The number of amides is 1. The fourth-order valence-electron chi connectivity index (χ4n) is 3.02. The molecule has 0 atom stereocenters. The summed E-state index contributed by atoms with van der Waals surface area (Å²) in [6.45, 7) is -2.43. The number of carbonyl (C=O) groups is 1. The van der Waals surface area contributed by atoms with Crippen molar-refractivity contribution in [2.75, 3.05) is 11.9 Å². The Hall–Kier alpha value is -3.57. The van der Waals surface area contributed by atoms with Crippen LogP contribution in [-0.4, -0.2) is 43.4 Å². The van der Waals surface area contributed by atoms with Crippen molar-refractivity contribution in [1.82, 2.24) is 24.4 Å². The van der Waals surface area contributed by atoms with Gasteiger partial charge in [-0.3, -0.25) is 9.48 Å². The monoisotopic (exact) mass is 447 g/mol. The third-order valence-corrected chi connectivity index (χ3v) is 4.53. The highest BCUT2D eigenvalue weighted by Crippen LogP contribution is 2.37. The summed E-state index contributed by atoms with van der Waals surface area (Å²) in [6.07, 6.45) is 4.45. The van der Waals surface area contributed by atoms with Gasteiger partial charge in [-0.05, 0) is 30.3 Å². The molecule has 0 aliphatic heterocycles. The highest BCUT2D eigenvalue weighted by Gasteiger charge is 2.21. The van der Waals surface area contributed by atoms with Crippen LogP contribution in [0.1, 0.15) is 10.5 Å². The molecule has 1 aromatic carbocycles. The van der Waals surface area contributed by atoms with E-state index in [1.54, 1.807) is 18.3 Å². The summed E-state index contributed by atoms with van der Waals surface area (Å²) in [7, 11) is 0. The molecule has 12 heteroatoms. The number of alkyl halides is 2. The van der Waals surface area contributed by atoms with Gasteiger partial charge in [0.05, 0.1) is 18.4 Å². The van der Waals surface area contributed by atoms with Gasteiger partial charge in [0, 0.05) is 29.5 Å². The Morgan fingerprint density at radius 3 is 2.94 bits per heavy atom. The molecule has 9 nitrogen and oxygen atoms in total. The van der Waals surface area contributed by atoms with Crippen LogP contribution in [0.4, 0.5) is 14.5 Å². The average Bonchev–Trinajstić information content (AvgIpc) is 3.33. The maximum absolute atomic E-state index is 12.9. The largest absolute Gasteiger partial charge is 0.434 e. The van der Waals surface area contributed by atoms with E-state index >= 15 is 0 Å². The topological polar surface area (TPSA) is 112 Å². The highest BCUT2D eigenvalue weighted by atomic mass is 35.5. The van der Waals surface area contributed by atoms with Crippen molar-refractivity contribution in [3.05, 3.63) is 59.6 Å². The summed E-state index contributed by atoms with van der Waals surface area (Å²) < 4.78 is 33.3. The molecule has 31 heavy (non-hydrogen) atoms. The molecule has 3 heterocycles. The predicted molar refractivity (Wildman–Crippen MR) is 109 cm³/mol. The smallest absolute Gasteiger partial charge is 0.387 e. The Kier molecular flexibility index (Phi) is 5.78. The molecule has 160 valence electrons. The molecular weight excluding hydrogens is 432 g/mol. The van der Waals surface area contributed by atoms with Crippen molar-refractivity contribution in [3.63, 3.8) is 0 Å². The Bertz CT molecular complexity index is 1240. The summed E-state index contributed by atoms with van der Waals surface area (Å²) >= 11 is 6.07. The van der Waals surface area contributed by atoms with Crippen molar-refractivity contribution in [2.24, 2.45) is 5.73 Å². The van der Waals surface area contributed by atoms with Crippen molar-refractivity contribution in [1.29, 1.82) is 0 Å². The number of anilines is 1. The van der Waals surface area contributed by atoms with E-state index in [0.29, 0.717) is 12.2 Å².